The topological polar surface area (TPSA) is 82.5 Å². The smallest absolute Gasteiger partial charge is 0.328 e. The monoisotopic (exact) mass is 438 g/mol. The highest BCUT2D eigenvalue weighted by atomic mass is 16.6. The van der Waals surface area contributed by atoms with Gasteiger partial charge < -0.3 is 18.8 Å². The van der Waals surface area contributed by atoms with E-state index in [9.17, 15) is 9.59 Å². The highest BCUT2D eigenvalue weighted by Crippen LogP contribution is 2.14. The van der Waals surface area contributed by atoms with Crippen molar-refractivity contribution in [2.24, 2.45) is 0 Å². The van der Waals surface area contributed by atoms with Gasteiger partial charge in [0.05, 0.1) is 25.9 Å². The molecule has 0 saturated heterocycles. The van der Waals surface area contributed by atoms with Crippen LogP contribution in [0.1, 0.15) is 23.1 Å². The van der Waals surface area contributed by atoms with Gasteiger partial charge >= 0.3 is 5.69 Å². The molecular formula is C25H30N2O5. The Morgan fingerprint density at radius 3 is 2.16 bits per heavy atom. The van der Waals surface area contributed by atoms with Crippen molar-refractivity contribution in [1.29, 1.82) is 0 Å². The minimum Gasteiger partial charge on any atom is -0.376 e. The van der Waals surface area contributed by atoms with Gasteiger partial charge in [-0.05, 0) is 24.5 Å². The van der Waals surface area contributed by atoms with Crippen molar-refractivity contribution in [3.63, 3.8) is 0 Å². The van der Waals surface area contributed by atoms with Crippen molar-refractivity contribution in [3.8, 4) is 0 Å². The fourth-order valence-corrected chi connectivity index (χ4v) is 3.40. The van der Waals surface area contributed by atoms with Crippen LogP contribution in [0.3, 0.4) is 0 Å². The summed E-state index contributed by atoms with van der Waals surface area (Å²) in [4.78, 5) is 26.2. The molecule has 170 valence electrons. The number of methoxy groups -OCH3 is 1. The van der Waals surface area contributed by atoms with Gasteiger partial charge in [-0.2, -0.15) is 0 Å². The first-order valence-electron chi connectivity index (χ1n) is 10.7. The fraction of sp³-hybridized carbons (Fsp3) is 0.360. The average molecular weight is 439 g/mol. The van der Waals surface area contributed by atoms with Crippen LogP contribution in [0.15, 0.2) is 76.4 Å². The Balaban J connectivity index is 1.67. The van der Waals surface area contributed by atoms with Gasteiger partial charge in [0.15, 0.2) is 0 Å². The zero-order valence-electron chi connectivity index (χ0n) is 18.5. The molecule has 0 saturated carbocycles. The van der Waals surface area contributed by atoms with Crippen molar-refractivity contribution >= 4 is 0 Å². The number of nitrogens with zero attached hydrogens (tertiary/aromatic N) is 1. The summed E-state index contributed by atoms with van der Waals surface area (Å²) in [5.74, 6) is 0. The van der Waals surface area contributed by atoms with E-state index in [-0.39, 0.29) is 17.8 Å². The first kappa shape index (κ1) is 23.7. The maximum Gasteiger partial charge on any atom is 0.328 e. The van der Waals surface area contributed by atoms with Gasteiger partial charge in [0.25, 0.3) is 5.56 Å². The molecule has 0 fully saturated rings. The van der Waals surface area contributed by atoms with Crippen molar-refractivity contribution < 1.29 is 14.2 Å². The lowest BCUT2D eigenvalue weighted by Gasteiger charge is -2.27. The van der Waals surface area contributed by atoms with Gasteiger partial charge in [-0.1, -0.05) is 60.7 Å². The molecule has 7 nitrogen and oxygen atoms in total. The van der Waals surface area contributed by atoms with Crippen molar-refractivity contribution in [1.82, 2.24) is 9.55 Å². The number of aromatic nitrogens is 2. The van der Waals surface area contributed by atoms with Crippen LogP contribution in [-0.2, 0) is 34.0 Å². The quantitative estimate of drug-likeness (QED) is 0.470. The first-order valence-corrected chi connectivity index (χ1v) is 10.7. The van der Waals surface area contributed by atoms with E-state index < -0.39 is 5.69 Å². The Bertz CT molecular complexity index is 1060. The fourth-order valence-electron chi connectivity index (χ4n) is 3.40. The lowest BCUT2D eigenvalue weighted by molar-refractivity contribution is -0.101. The van der Waals surface area contributed by atoms with Crippen LogP contribution >= 0.6 is 0 Å². The van der Waals surface area contributed by atoms with E-state index in [1.807, 2.05) is 60.7 Å². The lowest BCUT2D eigenvalue weighted by Crippen LogP contribution is -2.37. The summed E-state index contributed by atoms with van der Waals surface area (Å²) < 4.78 is 19.3. The number of aromatic amines is 1. The molecule has 0 radical (unpaired) electrons. The molecular weight excluding hydrogens is 408 g/mol. The largest absolute Gasteiger partial charge is 0.376 e. The molecule has 0 bridgehead atoms. The third-order valence-electron chi connectivity index (χ3n) is 5.26. The molecule has 7 heteroatoms. The lowest BCUT2D eigenvalue weighted by atomic mass is 10.1. The second-order valence-electron chi connectivity index (χ2n) is 7.66. The second-order valence-corrected chi connectivity index (χ2v) is 7.66. The molecule has 3 rings (SSSR count). The Morgan fingerprint density at radius 2 is 1.53 bits per heavy atom. The molecule has 0 unspecified atom stereocenters. The zero-order chi connectivity index (χ0) is 22.8. The predicted molar refractivity (Wildman–Crippen MR) is 123 cm³/mol. The minimum absolute atomic E-state index is 0.310. The van der Waals surface area contributed by atoms with Crippen LogP contribution in [0.2, 0.25) is 0 Å². The summed E-state index contributed by atoms with van der Waals surface area (Å²) in [5, 5.41) is 0. The number of aryl methyl sites for hydroxylation is 2. The van der Waals surface area contributed by atoms with Crippen molar-refractivity contribution in [2.75, 3.05) is 13.7 Å². The molecule has 0 spiro atoms. The third-order valence-corrected chi connectivity index (χ3v) is 5.26. The van der Waals surface area contributed by atoms with Crippen LogP contribution in [0.5, 0.6) is 0 Å². The van der Waals surface area contributed by atoms with Crippen LogP contribution in [0.25, 0.3) is 0 Å². The molecule has 2 atom stereocenters. The second kappa shape index (κ2) is 12.1. The molecule has 1 heterocycles. The number of rotatable bonds is 12. The predicted octanol–water partition coefficient (Wildman–Crippen LogP) is 3.05. The standard InChI is InChI=1S/C25H30N2O5/c1-19-15-27(25(29)26-24(19)28)14-13-22(32-17-21-11-7-4-8-12-21)23(30-2)18-31-16-20-9-5-3-6-10-20/h3-12,15,22-23H,13-14,16-18H2,1-2H3,(H,26,28,29)/t22-,23+/m0/s1. The molecule has 2 aromatic carbocycles. The molecule has 0 aliphatic carbocycles. The number of H-pyrrole nitrogens is 1. The molecule has 0 amide bonds. The van der Waals surface area contributed by atoms with Gasteiger partial charge in [-0.3, -0.25) is 9.78 Å². The third kappa shape index (κ3) is 7.02. The van der Waals surface area contributed by atoms with Crippen molar-refractivity contribution in [3.05, 3.63) is 104 Å². The van der Waals surface area contributed by atoms with Gasteiger partial charge in [-0.25, -0.2) is 4.79 Å². The van der Waals surface area contributed by atoms with E-state index in [1.165, 1.54) is 4.57 Å². The highest BCUT2D eigenvalue weighted by Gasteiger charge is 2.23. The number of ether oxygens (including phenoxy) is 3. The first-order chi connectivity index (χ1) is 15.6. The van der Waals surface area contributed by atoms with Gasteiger partial charge in [0.2, 0.25) is 0 Å². The molecule has 3 aromatic rings. The van der Waals surface area contributed by atoms with Gasteiger partial charge in [0, 0.05) is 25.4 Å². The Hall–Kier alpha value is -3.00. The Kier molecular flexibility index (Phi) is 8.98. The minimum atomic E-state index is -0.434. The highest BCUT2D eigenvalue weighted by molar-refractivity contribution is 5.14. The molecule has 0 aliphatic heterocycles. The number of hydrogen-bond donors (Lipinski definition) is 1. The van der Waals surface area contributed by atoms with Crippen LogP contribution in [0, 0.1) is 6.92 Å². The number of hydrogen-bond acceptors (Lipinski definition) is 5. The van der Waals surface area contributed by atoms with E-state index >= 15 is 0 Å². The van der Waals surface area contributed by atoms with E-state index in [0.717, 1.165) is 11.1 Å². The Labute approximate surface area is 187 Å². The maximum atomic E-state index is 12.2. The normalized spacial score (nSPS) is 13.1. The summed E-state index contributed by atoms with van der Waals surface area (Å²) in [7, 11) is 1.63. The summed E-state index contributed by atoms with van der Waals surface area (Å²) in [6, 6.07) is 19.8. The van der Waals surface area contributed by atoms with E-state index in [4.69, 9.17) is 14.2 Å². The van der Waals surface area contributed by atoms with Gasteiger partial charge in [0.1, 0.15) is 6.10 Å². The van der Waals surface area contributed by atoms with E-state index in [0.29, 0.717) is 38.3 Å². The number of nitrogens with one attached hydrogen (secondary N) is 1. The average Bonchev–Trinajstić information content (AvgIpc) is 2.82. The van der Waals surface area contributed by atoms with Crippen LogP contribution < -0.4 is 11.2 Å². The van der Waals surface area contributed by atoms with Gasteiger partial charge in [-0.15, -0.1) is 0 Å². The van der Waals surface area contributed by atoms with E-state index in [1.54, 1.807) is 20.2 Å². The SMILES string of the molecule is CO[C@H](COCc1ccccc1)[C@H](CCn1cc(C)c(=O)[nH]c1=O)OCc1ccccc1. The van der Waals surface area contributed by atoms with Crippen LogP contribution in [-0.4, -0.2) is 35.5 Å². The number of benzene rings is 2. The molecule has 32 heavy (non-hydrogen) atoms. The molecule has 0 aliphatic rings. The summed E-state index contributed by atoms with van der Waals surface area (Å²) in [6.07, 6.45) is 1.46. The van der Waals surface area contributed by atoms with Crippen molar-refractivity contribution in [2.45, 2.75) is 45.3 Å². The Morgan fingerprint density at radius 1 is 0.906 bits per heavy atom. The molecule has 1 N–H and O–H groups in total. The summed E-state index contributed by atoms with van der Waals surface area (Å²) in [6.45, 7) is 3.31. The summed E-state index contributed by atoms with van der Waals surface area (Å²) in [5.41, 5.74) is 1.82. The van der Waals surface area contributed by atoms with E-state index in [2.05, 4.69) is 4.98 Å². The van der Waals surface area contributed by atoms with Crippen LogP contribution in [0.4, 0.5) is 0 Å². The maximum absolute atomic E-state index is 12.2. The summed E-state index contributed by atoms with van der Waals surface area (Å²) >= 11 is 0. The molecule has 1 aromatic heterocycles. The zero-order valence-corrected chi connectivity index (χ0v) is 18.5.